The first kappa shape index (κ1) is 27.3. The second-order valence-electron chi connectivity index (χ2n) is 8.57. The highest BCUT2D eigenvalue weighted by Crippen LogP contribution is 2.14. The maximum Gasteiger partial charge on any atom is 0.407 e. The first-order valence-corrected chi connectivity index (χ1v) is 11.1. The van der Waals surface area contributed by atoms with Gasteiger partial charge in [0.25, 0.3) is 5.91 Å². The van der Waals surface area contributed by atoms with Crippen molar-refractivity contribution in [1.29, 1.82) is 0 Å². The summed E-state index contributed by atoms with van der Waals surface area (Å²) in [6.07, 6.45) is 0.806. The third-order valence-electron chi connectivity index (χ3n) is 4.44. The van der Waals surface area contributed by atoms with Crippen LogP contribution in [0.3, 0.4) is 0 Å². The van der Waals surface area contributed by atoms with Crippen molar-refractivity contribution in [2.45, 2.75) is 52.8 Å². The molecule has 0 fully saturated rings. The van der Waals surface area contributed by atoms with Crippen molar-refractivity contribution >= 4 is 23.8 Å². The summed E-state index contributed by atoms with van der Waals surface area (Å²) in [7, 11) is 0. The number of ether oxygens (including phenoxy) is 3. The largest absolute Gasteiger partial charge is 0.482 e. The fourth-order valence-corrected chi connectivity index (χ4v) is 2.80. The Balaban J connectivity index is 1.86. The van der Waals surface area contributed by atoms with E-state index in [4.69, 9.17) is 14.2 Å². The van der Waals surface area contributed by atoms with E-state index in [2.05, 4.69) is 15.6 Å². The summed E-state index contributed by atoms with van der Waals surface area (Å²) >= 11 is 0. The predicted molar refractivity (Wildman–Crippen MR) is 127 cm³/mol. The van der Waals surface area contributed by atoms with Crippen LogP contribution in [0.15, 0.2) is 42.6 Å². The minimum absolute atomic E-state index is 0.144. The quantitative estimate of drug-likeness (QED) is 0.388. The molecular weight excluding hydrogens is 454 g/mol. The van der Waals surface area contributed by atoms with E-state index in [1.807, 2.05) is 0 Å². The maximum atomic E-state index is 12.7. The van der Waals surface area contributed by atoms with Gasteiger partial charge in [-0.2, -0.15) is 0 Å². The van der Waals surface area contributed by atoms with Crippen LogP contribution in [0, 0.1) is 0 Å². The average molecular weight is 486 g/mol. The number of alkyl carbamates (subject to hydrolysis) is 1. The summed E-state index contributed by atoms with van der Waals surface area (Å²) in [5.74, 6) is -0.815. The van der Waals surface area contributed by atoms with E-state index < -0.39 is 29.6 Å². The first-order chi connectivity index (χ1) is 16.5. The zero-order valence-electron chi connectivity index (χ0n) is 20.5. The van der Waals surface area contributed by atoms with E-state index >= 15 is 0 Å². The minimum Gasteiger partial charge on any atom is -0.482 e. The number of hydrogen-bond acceptors (Lipinski definition) is 8. The van der Waals surface area contributed by atoms with Crippen molar-refractivity contribution in [1.82, 2.24) is 15.6 Å². The van der Waals surface area contributed by atoms with Gasteiger partial charge in [-0.05, 0) is 71.0 Å². The fourth-order valence-electron chi connectivity index (χ4n) is 2.80. The number of carbonyl (C=O) groups excluding carboxylic acids is 4. The second kappa shape index (κ2) is 12.5. The van der Waals surface area contributed by atoms with E-state index in [-0.39, 0.29) is 31.1 Å². The number of nitrogens with zero attached hydrogens (tertiary/aromatic N) is 1. The molecule has 0 aliphatic carbocycles. The topological polar surface area (TPSA) is 133 Å². The molecule has 0 saturated carbocycles. The summed E-state index contributed by atoms with van der Waals surface area (Å²) in [4.78, 5) is 52.5. The normalized spacial score (nSPS) is 11.7. The smallest absolute Gasteiger partial charge is 0.407 e. The molecule has 0 aliphatic rings. The van der Waals surface area contributed by atoms with Crippen molar-refractivity contribution in [3.8, 4) is 5.75 Å². The standard InChI is InChI=1S/C25H31N3O7/c1-6-33-21(29)15-34-20-11-8-17(9-12-20)22(30)16(2)28-23(31)18-7-10-19(26-13-18)14-27-24(32)35-25(3,4)5/h7-13,16H,6,14-15H2,1-5H3,(H,27,32)(H,28,31)/t16-/m0/s1. The monoisotopic (exact) mass is 485 g/mol. The van der Waals surface area contributed by atoms with Gasteiger partial charge < -0.3 is 24.8 Å². The Labute approximate surface area is 204 Å². The molecule has 2 N–H and O–H groups in total. The van der Waals surface area contributed by atoms with E-state index in [1.54, 1.807) is 71.0 Å². The number of rotatable bonds is 10. The van der Waals surface area contributed by atoms with Gasteiger partial charge in [0.15, 0.2) is 12.4 Å². The van der Waals surface area contributed by atoms with Crippen molar-refractivity contribution in [3.63, 3.8) is 0 Å². The average Bonchev–Trinajstić information content (AvgIpc) is 2.80. The molecule has 1 heterocycles. The SMILES string of the molecule is CCOC(=O)COc1ccc(C(=O)[C@H](C)NC(=O)c2ccc(CNC(=O)OC(C)(C)C)nc2)cc1. The number of esters is 1. The molecule has 10 heteroatoms. The van der Waals surface area contributed by atoms with Crippen LogP contribution in [0.5, 0.6) is 5.75 Å². The van der Waals surface area contributed by atoms with Crippen molar-refractivity contribution in [2.75, 3.05) is 13.2 Å². The number of ketones is 1. The Kier molecular flexibility index (Phi) is 9.74. The van der Waals surface area contributed by atoms with Gasteiger partial charge in [-0.3, -0.25) is 14.6 Å². The van der Waals surface area contributed by atoms with Crippen LogP contribution in [0.1, 0.15) is 61.0 Å². The number of pyridine rings is 1. The number of aromatic nitrogens is 1. The fraction of sp³-hybridized carbons (Fsp3) is 0.400. The lowest BCUT2D eigenvalue weighted by atomic mass is 10.0. The molecule has 10 nitrogen and oxygen atoms in total. The third kappa shape index (κ3) is 9.44. The summed E-state index contributed by atoms with van der Waals surface area (Å²) in [5, 5.41) is 5.24. The van der Waals surface area contributed by atoms with E-state index in [0.29, 0.717) is 17.0 Å². The van der Waals surface area contributed by atoms with Crippen LogP contribution < -0.4 is 15.4 Å². The summed E-state index contributed by atoms with van der Waals surface area (Å²) in [6, 6.07) is 8.61. The van der Waals surface area contributed by atoms with E-state index in [9.17, 15) is 19.2 Å². The molecule has 2 amide bonds. The Morgan fingerprint density at radius 1 is 1.00 bits per heavy atom. The molecule has 2 rings (SSSR count). The molecule has 0 spiro atoms. The van der Waals surface area contributed by atoms with Crippen molar-refractivity contribution in [3.05, 3.63) is 59.4 Å². The van der Waals surface area contributed by atoms with Crippen LogP contribution >= 0.6 is 0 Å². The molecular formula is C25H31N3O7. The number of hydrogen-bond donors (Lipinski definition) is 2. The van der Waals surface area contributed by atoms with E-state index in [1.165, 1.54) is 6.20 Å². The number of benzene rings is 1. The van der Waals surface area contributed by atoms with Gasteiger partial charge in [-0.1, -0.05) is 0 Å². The minimum atomic E-state index is -0.790. The van der Waals surface area contributed by atoms with Crippen LogP contribution in [0.4, 0.5) is 4.79 Å². The molecule has 1 aromatic carbocycles. The molecule has 2 aromatic rings. The zero-order valence-corrected chi connectivity index (χ0v) is 20.5. The molecule has 0 radical (unpaired) electrons. The van der Waals surface area contributed by atoms with Crippen molar-refractivity contribution < 1.29 is 33.4 Å². The molecule has 1 aromatic heterocycles. The highest BCUT2D eigenvalue weighted by atomic mass is 16.6. The van der Waals surface area contributed by atoms with Gasteiger partial charge >= 0.3 is 12.1 Å². The van der Waals surface area contributed by atoms with Gasteiger partial charge in [0.2, 0.25) is 0 Å². The lowest BCUT2D eigenvalue weighted by molar-refractivity contribution is -0.145. The molecule has 35 heavy (non-hydrogen) atoms. The summed E-state index contributed by atoms with van der Waals surface area (Å²) in [5.41, 5.74) is 0.589. The highest BCUT2D eigenvalue weighted by molar-refractivity contribution is 6.04. The van der Waals surface area contributed by atoms with Gasteiger partial charge in [0.1, 0.15) is 11.4 Å². The maximum absolute atomic E-state index is 12.7. The van der Waals surface area contributed by atoms with Crippen molar-refractivity contribution in [2.24, 2.45) is 0 Å². The highest BCUT2D eigenvalue weighted by Gasteiger charge is 2.19. The predicted octanol–water partition coefficient (Wildman–Crippen LogP) is 3.05. The molecule has 1 atom stereocenters. The van der Waals surface area contributed by atoms with Gasteiger partial charge in [-0.25, -0.2) is 9.59 Å². The van der Waals surface area contributed by atoms with E-state index in [0.717, 1.165) is 0 Å². The van der Waals surface area contributed by atoms with Gasteiger partial charge in [0, 0.05) is 11.8 Å². The Morgan fingerprint density at radius 2 is 1.66 bits per heavy atom. The van der Waals surface area contributed by atoms with Gasteiger partial charge in [0.05, 0.1) is 30.5 Å². The van der Waals surface area contributed by atoms with Gasteiger partial charge in [-0.15, -0.1) is 0 Å². The number of Topliss-reactive ketones (excluding diaryl/α,β-unsaturated/α-hetero) is 1. The number of carbonyl (C=O) groups is 4. The lowest BCUT2D eigenvalue weighted by Crippen LogP contribution is -2.38. The summed E-state index contributed by atoms with van der Waals surface area (Å²) in [6.45, 7) is 8.77. The first-order valence-electron chi connectivity index (χ1n) is 11.1. The molecule has 0 saturated heterocycles. The van der Waals surface area contributed by atoms with Crippen LogP contribution in [0.2, 0.25) is 0 Å². The summed E-state index contributed by atoms with van der Waals surface area (Å²) < 4.78 is 15.3. The second-order valence-corrected chi connectivity index (χ2v) is 8.57. The Morgan fingerprint density at radius 3 is 2.23 bits per heavy atom. The van der Waals surface area contributed by atoms with Crippen LogP contribution in [-0.2, 0) is 20.8 Å². The molecule has 0 bridgehead atoms. The lowest BCUT2D eigenvalue weighted by Gasteiger charge is -2.19. The Bertz CT molecular complexity index is 1030. The number of nitrogens with one attached hydrogen (secondary N) is 2. The molecule has 0 unspecified atom stereocenters. The number of amides is 2. The third-order valence-corrected chi connectivity index (χ3v) is 4.44. The molecule has 0 aliphatic heterocycles. The van der Waals surface area contributed by atoms with Crippen LogP contribution in [0.25, 0.3) is 0 Å². The Hall–Kier alpha value is -3.95. The van der Waals surface area contributed by atoms with Crippen LogP contribution in [-0.4, -0.2) is 53.6 Å². The zero-order chi connectivity index (χ0) is 26.0. The molecule has 188 valence electrons.